The van der Waals surface area contributed by atoms with Crippen LogP contribution in [0, 0.1) is 11.3 Å². The van der Waals surface area contributed by atoms with Gasteiger partial charge in [0.25, 0.3) is 0 Å². The average molecular weight is 266 g/mol. The first-order valence-corrected chi connectivity index (χ1v) is 6.04. The van der Waals surface area contributed by atoms with Crippen molar-refractivity contribution in [1.29, 1.82) is 5.26 Å². The Morgan fingerprint density at radius 3 is 2.65 bits per heavy atom. The Labute approximate surface area is 107 Å². The first-order valence-electron chi connectivity index (χ1n) is 4.84. The first-order chi connectivity index (χ1) is 8.28. The highest BCUT2D eigenvalue weighted by molar-refractivity contribution is 7.15. The second kappa shape index (κ2) is 5.62. The van der Waals surface area contributed by atoms with E-state index in [9.17, 15) is 0 Å². The molecule has 0 amide bonds. The smallest absolute Gasteiger partial charge is 0.207 e. The van der Waals surface area contributed by atoms with Crippen LogP contribution in [0.3, 0.4) is 0 Å². The highest BCUT2D eigenvalue weighted by Crippen LogP contribution is 2.18. The van der Waals surface area contributed by atoms with Crippen LogP contribution in [0.5, 0.6) is 5.75 Å². The number of rotatable bonds is 4. The Morgan fingerprint density at radius 1 is 1.29 bits per heavy atom. The minimum absolute atomic E-state index is 0.349. The summed E-state index contributed by atoms with van der Waals surface area (Å²) in [5, 5.41) is 16.8. The first kappa shape index (κ1) is 11.8. The molecule has 1 aromatic heterocycles. The number of hydrogen-bond donors (Lipinski definition) is 0. The summed E-state index contributed by atoms with van der Waals surface area (Å²) < 4.78 is 5.92. The molecule has 86 valence electrons. The zero-order valence-corrected chi connectivity index (χ0v) is 10.3. The predicted molar refractivity (Wildman–Crippen MR) is 65.0 cm³/mol. The number of nitrogens with zero attached hydrogens (tertiary/aromatic N) is 3. The molecular formula is C11H8ClN3OS. The molecule has 0 N–H and O–H groups in total. The summed E-state index contributed by atoms with van der Waals surface area (Å²) >= 11 is 6.95. The molecule has 4 nitrogen and oxygen atoms in total. The van der Waals surface area contributed by atoms with E-state index in [2.05, 4.69) is 16.3 Å². The molecule has 0 spiro atoms. The molecule has 2 aromatic rings. The van der Waals surface area contributed by atoms with E-state index in [0.29, 0.717) is 17.5 Å². The molecule has 1 aromatic carbocycles. The van der Waals surface area contributed by atoms with Crippen molar-refractivity contribution in [1.82, 2.24) is 10.2 Å². The maximum Gasteiger partial charge on any atom is 0.207 e. The van der Waals surface area contributed by atoms with Gasteiger partial charge in [-0.25, -0.2) is 0 Å². The van der Waals surface area contributed by atoms with Crippen molar-refractivity contribution in [2.45, 2.75) is 13.0 Å². The summed E-state index contributed by atoms with van der Waals surface area (Å²) in [6.07, 6.45) is 0.409. The molecule has 2 rings (SSSR count). The van der Waals surface area contributed by atoms with Crippen molar-refractivity contribution in [2.24, 2.45) is 0 Å². The number of aromatic nitrogens is 2. The zero-order valence-electron chi connectivity index (χ0n) is 8.76. The fourth-order valence-corrected chi connectivity index (χ4v) is 2.01. The lowest BCUT2D eigenvalue weighted by molar-refractivity contribution is 0.304. The molecule has 0 radical (unpaired) electrons. The van der Waals surface area contributed by atoms with Gasteiger partial charge < -0.3 is 4.74 Å². The topological polar surface area (TPSA) is 58.8 Å². The minimum atomic E-state index is 0.349. The van der Waals surface area contributed by atoms with Crippen molar-refractivity contribution < 1.29 is 4.74 Å². The van der Waals surface area contributed by atoms with Crippen LogP contribution in [0.15, 0.2) is 24.3 Å². The largest absolute Gasteiger partial charge is 0.486 e. The lowest BCUT2D eigenvalue weighted by Crippen LogP contribution is -1.95. The van der Waals surface area contributed by atoms with E-state index in [4.69, 9.17) is 21.6 Å². The monoisotopic (exact) mass is 265 g/mol. The number of ether oxygens (including phenoxy) is 1. The fraction of sp³-hybridized carbons (Fsp3) is 0.182. The molecule has 0 aliphatic carbocycles. The second-order valence-corrected chi connectivity index (χ2v) is 4.86. The molecule has 0 aliphatic rings. The van der Waals surface area contributed by atoms with E-state index >= 15 is 0 Å². The van der Waals surface area contributed by atoms with E-state index < -0.39 is 0 Å². The van der Waals surface area contributed by atoms with Gasteiger partial charge in [0.05, 0.1) is 12.5 Å². The van der Waals surface area contributed by atoms with Crippen LogP contribution in [-0.2, 0) is 13.0 Å². The van der Waals surface area contributed by atoms with Gasteiger partial charge in [0.15, 0.2) is 5.01 Å². The van der Waals surface area contributed by atoms with Gasteiger partial charge in [0.2, 0.25) is 4.47 Å². The standard InChI is InChI=1S/C11H8ClN3OS/c12-11-15-14-10(17-11)7-16-9-3-1-8(2-4-9)5-6-13/h1-4H,5,7H2. The van der Waals surface area contributed by atoms with Gasteiger partial charge in [-0.2, -0.15) is 5.26 Å². The van der Waals surface area contributed by atoms with Crippen LogP contribution in [-0.4, -0.2) is 10.2 Å². The van der Waals surface area contributed by atoms with Crippen molar-refractivity contribution in [3.8, 4) is 11.8 Å². The average Bonchev–Trinajstić information content (AvgIpc) is 2.75. The molecule has 1 heterocycles. The maximum absolute atomic E-state index is 8.54. The van der Waals surface area contributed by atoms with E-state index in [1.165, 1.54) is 11.3 Å². The Morgan fingerprint density at radius 2 is 2.06 bits per heavy atom. The zero-order chi connectivity index (χ0) is 12.1. The summed E-state index contributed by atoms with van der Waals surface area (Å²) in [4.78, 5) is 0. The second-order valence-electron chi connectivity index (χ2n) is 3.22. The lowest BCUT2D eigenvalue weighted by atomic mass is 10.2. The maximum atomic E-state index is 8.54. The molecule has 6 heteroatoms. The highest BCUT2D eigenvalue weighted by atomic mass is 35.5. The van der Waals surface area contributed by atoms with Crippen molar-refractivity contribution in [3.05, 3.63) is 39.3 Å². The fourth-order valence-electron chi connectivity index (χ4n) is 1.23. The van der Waals surface area contributed by atoms with Gasteiger partial charge in [0.1, 0.15) is 12.4 Å². The number of benzene rings is 1. The van der Waals surface area contributed by atoms with Crippen LogP contribution in [0.2, 0.25) is 4.47 Å². The molecule has 0 saturated carbocycles. The summed E-state index contributed by atoms with van der Waals surface area (Å²) in [5.74, 6) is 0.734. The molecule has 0 bridgehead atoms. The molecule has 17 heavy (non-hydrogen) atoms. The van der Waals surface area contributed by atoms with Crippen LogP contribution < -0.4 is 4.74 Å². The van der Waals surface area contributed by atoms with Crippen molar-refractivity contribution in [3.63, 3.8) is 0 Å². The third kappa shape index (κ3) is 3.41. The summed E-state index contributed by atoms with van der Waals surface area (Å²) in [6.45, 7) is 0.349. The van der Waals surface area contributed by atoms with Gasteiger partial charge >= 0.3 is 0 Å². The van der Waals surface area contributed by atoms with Crippen LogP contribution in [0.25, 0.3) is 0 Å². The van der Waals surface area contributed by atoms with E-state index in [-0.39, 0.29) is 0 Å². The van der Waals surface area contributed by atoms with Crippen molar-refractivity contribution in [2.75, 3.05) is 0 Å². The number of nitriles is 1. The molecule has 0 saturated heterocycles. The van der Waals surface area contributed by atoms with Crippen LogP contribution in [0.1, 0.15) is 10.6 Å². The molecule has 0 atom stereocenters. The molecule has 0 fully saturated rings. The lowest BCUT2D eigenvalue weighted by Gasteiger charge is -2.03. The van der Waals surface area contributed by atoms with Gasteiger partial charge in [-0.1, -0.05) is 23.5 Å². The van der Waals surface area contributed by atoms with Gasteiger partial charge in [-0.05, 0) is 29.3 Å². The van der Waals surface area contributed by atoms with Crippen LogP contribution >= 0.6 is 22.9 Å². The molecular weight excluding hydrogens is 258 g/mol. The van der Waals surface area contributed by atoms with Crippen molar-refractivity contribution >= 4 is 22.9 Å². The van der Waals surface area contributed by atoms with E-state index in [0.717, 1.165) is 16.3 Å². The highest BCUT2D eigenvalue weighted by Gasteiger charge is 2.02. The Hall–Kier alpha value is -1.64. The summed E-state index contributed by atoms with van der Waals surface area (Å²) in [5.41, 5.74) is 0.971. The summed E-state index contributed by atoms with van der Waals surface area (Å²) in [6, 6.07) is 9.48. The third-order valence-corrected chi connectivity index (χ3v) is 3.00. The van der Waals surface area contributed by atoms with Gasteiger partial charge in [-0.3, -0.25) is 0 Å². The van der Waals surface area contributed by atoms with Gasteiger partial charge in [0, 0.05) is 0 Å². The predicted octanol–water partition coefficient (Wildman–Crippen LogP) is 2.84. The number of hydrogen-bond acceptors (Lipinski definition) is 5. The quantitative estimate of drug-likeness (QED) is 0.853. The SMILES string of the molecule is N#CCc1ccc(OCc2nnc(Cl)s2)cc1. The Kier molecular flexibility index (Phi) is 3.91. The molecule has 0 unspecified atom stereocenters. The van der Waals surface area contributed by atoms with Gasteiger partial charge in [-0.15, -0.1) is 10.2 Å². The minimum Gasteiger partial charge on any atom is -0.486 e. The normalized spacial score (nSPS) is 9.88. The Bertz CT molecular complexity index is 532. The Balaban J connectivity index is 1.93. The van der Waals surface area contributed by atoms with E-state index in [1.807, 2.05) is 24.3 Å². The molecule has 0 aliphatic heterocycles. The number of halogens is 1. The van der Waals surface area contributed by atoms with Crippen LogP contribution in [0.4, 0.5) is 0 Å². The van der Waals surface area contributed by atoms with E-state index in [1.54, 1.807) is 0 Å². The summed E-state index contributed by atoms with van der Waals surface area (Å²) in [7, 11) is 0. The third-order valence-electron chi connectivity index (χ3n) is 2.01.